The third-order valence-electron chi connectivity index (χ3n) is 3.07. The third-order valence-corrected chi connectivity index (χ3v) is 3.07. The van der Waals surface area contributed by atoms with Crippen molar-refractivity contribution in [3.8, 4) is 0 Å². The number of pyridine rings is 1. The molecule has 2 aromatic heterocycles. The number of carbonyl (C=O) groups is 1. The predicted octanol–water partition coefficient (Wildman–Crippen LogP) is 2.94. The van der Waals surface area contributed by atoms with Crippen LogP contribution < -0.4 is 5.32 Å². The number of rotatable bonds is 2. The quantitative estimate of drug-likeness (QED) is 0.715. The van der Waals surface area contributed by atoms with Gasteiger partial charge in [-0.15, -0.1) is 0 Å². The van der Waals surface area contributed by atoms with E-state index in [9.17, 15) is 18.0 Å². The van der Waals surface area contributed by atoms with Gasteiger partial charge in [0.2, 0.25) is 0 Å². The van der Waals surface area contributed by atoms with E-state index in [0.717, 1.165) is 11.8 Å². The van der Waals surface area contributed by atoms with Crippen LogP contribution in [-0.2, 0) is 0 Å². The van der Waals surface area contributed by atoms with Crippen molar-refractivity contribution < 1.29 is 18.0 Å². The van der Waals surface area contributed by atoms with Gasteiger partial charge >= 0.3 is 0 Å². The summed E-state index contributed by atoms with van der Waals surface area (Å²) in [6, 6.07) is 4.94. The maximum absolute atomic E-state index is 13.6. The van der Waals surface area contributed by atoms with Crippen LogP contribution in [-0.4, -0.2) is 21.1 Å². The van der Waals surface area contributed by atoms with Gasteiger partial charge in [0.25, 0.3) is 5.91 Å². The highest BCUT2D eigenvalue weighted by atomic mass is 19.2. The number of aromatic amines is 1. The Morgan fingerprint density at radius 1 is 1.14 bits per heavy atom. The Kier molecular flexibility index (Phi) is 3.28. The Labute approximate surface area is 122 Å². The Morgan fingerprint density at radius 2 is 1.91 bits per heavy atom. The van der Waals surface area contributed by atoms with E-state index in [1.54, 1.807) is 19.1 Å². The van der Waals surface area contributed by atoms with Gasteiger partial charge in [0.05, 0.1) is 10.9 Å². The average Bonchev–Trinajstić information content (AvgIpc) is 2.87. The van der Waals surface area contributed by atoms with Crippen LogP contribution in [0.4, 0.5) is 19.0 Å². The monoisotopic (exact) mass is 306 g/mol. The standard InChI is InChI=1S/C14H9F3N4O/c1-6-2-3-8-12(18-6)20-21-13(8)19-14(22)7-4-5-9(15)11(17)10(7)16/h2-5H,1H3,(H2,18,19,20,21,22). The van der Waals surface area contributed by atoms with Crippen LogP contribution in [0, 0.1) is 24.4 Å². The van der Waals surface area contributed by atoms with Gasteiger partial charge in [-0.1, -0.05) is 0 Å². The van der Waals surface area contributed by atoms with Crippen molar-refractivity contribution in [3.63, 3.8) is 0 Å². The van der Waals surface area contributed by atoms with E-state index in [-0.39, 0.29) is 5.82 Å². The van der Waals surface area contributed by atoms with E-state index >= 15 is 0 Å². The fourth-order valence-electron chi connectivity index (χ4n) is 1.97. The van der Waals surface area contributed by atoms with Crippen LogP contribution in [0.2, 0.25) is 0 Å². The minimum Gasteiger partial charge on any atom is -0.304 e. The second-order valence-corrected chi connectivity index (χ2v) is 4.60. The molecule has 2 heterocycles. The predicted molar refractivity (Wildman–Crippen MR) is 72.9 cm³/mol. The number of hydrogen-bond acceptors (Lipinski definition) is 3. The summed E-state index contributed by atoms with van der Waals surface area (Å²) in [5.74, 6) is -5.43. The van der Waals surface area contributed by atoms with E-state index in [4.69, 9.17) is 0 Å². The number of hydrogen-bond donors (Lipinski definition) is 2. The topological polar surface area (TPSA) is 70.7 Å². The van der Waals surface area contributed by atoms with Crippen molar-refractivity contribution in [2.24, 2.45) is 0 Å². The van der Waals surface area contributed by atoms with Gasteiger partial charge < -0.3 is 5.32 Å². The Hall–Kier alpha value is -2.90. The number of anilines is 1. The van der Waals surface area contributed by atoms with E-state index in [1.165, 1.54) is 0 Å². The van der Waals surface area contributed by atoms with E-state index < -0.39 is 28.9 Å². The highest BCUT2D eigenvalue weighted by Gasteiger charge is 2.20. The van der Waals surface area contributed by atoms with Crippen LogP contribution in [0.15, 0.2) is 24.3 Å². The maximum Gasteiger partial charge on any atom is 0.259 e. The van der Waals surface area contributed by atoms with Crippen molar-refractivity contribution in [2.45, 2.75) is 6.92 Å². The first-order chi connectivity index (χ1) is 10.5. The molecule has 5 nitrogen and oxygen atoms in total. The van der Waals surface area contributed by atoms with Gasteiger partial charge in [0.1, 0.15) is 0 Å². The van der Waals surface area contributed by atoms with Gasteiger partial charge in [-0.2, -0.15) is 5.10 Å². The Bertz CT molecular complexity index is 891. The molecule has 1 aromatic carbocycles. The molecule has 0 fully saturated rings. The molecule has 0 spiro atoms. The first kappa shape index (κ1) is 14.1. The molecule has 0 unspecified atom stereocenters. The minimum absolute atomic E-state index is 0.122. The van der Waals surface area contributed by atoms with Crippen molar-refractivity contribution in [3.05, 3.63) is 53.0 Å². The molecular formula is C14H9F3N4O. The number of nitrogens with zero attached hydrogens (tertiary/aromatic N) is 2. The maximum atomic E-state index is 13.6. The number of aryl methyl sites for hydroxylation is 1. The summed E-state index contributed by atoms with van der Waals surface area (Å²) in [6.07, 6.45) is 0. The zero-order chi connectivity index (χ0) is 15.9. The summed E-state index contributed by atoms with van der Waals surface area (Å²) in [4.78, 5) is 16.2. The van der Waals surface area contributed by atoms with Crippen LogP contribution >= 0.6 is 0 Å². The van der Waals surface area contributed by atoms with Gasteiger partial charge in [-0.25, -0.2) is 18.2 Å². The highest BCUT2D eigenvalue weighted by molar-refractivity contribution is 6.07. The number of amides is 1. The molecule has 112 valence electrons. The van der Waals surface area contributed by atoms with Crippen LogP contribution in [0.1, 0.15) is 16.1 Å². The summed E-state index contributed by atoms with van der Waals surface area (Å²) in [6.45, 7) is 1.79. The molecule has 2 N–H and O–H groups in total. The lowest BCUT2D eigenvalue weighted by atomic mass is 10.2. The zero-order valence-electron chi connectivity index (χ0n) is 11.2. The lowest BCUT2D eigenvalue weighted by Crippen LogP contribution is -2.15. The molecular weight excluding hydrogens is 297 g/mol. The highest BCUT2D eigenvalue weighted by Crippen LogP contribution is 2.21. The molecule has 0 saturated heterocycles. The number of benzene rings is 1. The van der Waals surface area contributed by atoms with Gasteiger partial charge in [-0.05, 0) is 31.2 Å². The van der Waals surface area contributed by atoms with E-state index in [0.29, 0.717) is 17.1 Å². The van der Waals surface area contributed by atoms with Gasteiger partial charge in [-0.3, -0.25) is 9.89 Å². The number of carbonyl (C=O) groups excluding carboxylic acids is 1. The number of halogens is 3. The van der Waals surface area contributed by atoms with Crippen molar-refractivity contribution in [1.29, 1.82) is 0 Å². The normalized spacial score (nSPS) is 10.9. The summed E-state index contributed by atoms with van der Waals surface area (Å²) >= 11 is 0. The summed E-state index contributed by atoms with van der Waals surface area (Å²) in [5, 5.41) is 9.33. The summed E-state index contributed by atoms with van der Waals surface area (Å²) in [7, 11) is 0. The lowest BCUT2D eigenvalue weighted by Gasteiger charge is -2.05. The largest absolute Gasteiger partial charge is 0.304 e. The van der Waals surface area contributed by atoms with Crippen molar-refractivity contribution >= 4 is 22.8 Å². The summed E-state index contributed by atoms with van der Waals surface area (Å²) < 4.78 is 39.6. The van der Waals surface area contributed by atoms with Crippen molar-refractivity contribution in [1.82, 2.24) is 15.2 Å². The molecule has 0 aliphatic carbocycles. The number of nitrogens with one attached hydrogen (secondary N) is 2. The number of aromatic nitrogens is 3. The molecule has 8 heteroatoms. The second-order valence-electron chi connectivity index (χ2n) is 4.60. The molecule has 22 heavy (non-hydrogen) atoms. The number of H-pyrrole nitrogens is 1. The SMILES string of the molecule is Cc1ccc2c(NC(=O)c3ccc(F)c(F)c3F)n[nH]c2n1. The van der Waals surface area contributed by atoms with Crippen LogP contribution in [0.5, 0.6) is 0 Å². The third kappa shape index (κ3) is 2.28. The van der Waals surface area contributed by atoms with Gasteiger partial charge in [0, 0.05) is 5.69 Å². The molecule has 3 rings (SSSR count). The van der Waals surface area contributed by atoms with Crippen molar-refractivity contribution in [2.75, 3.05) is 5.32 Å². The lowest BCUT2D eigenvalue weighted by molar-refractivity contribution is 0.102. The Morgan fingerprint density at radius 3 is 2.68 bits per heavy atom. The molecule has 0 aliphatic heterocycles. The van der Waals surface area contributed by atoms with Gasteiger partial charge in [0.15, 0.2) is 28.9 Å². The molecule has 0 aliphatic rings. The summed E-state index contributed by atoms with van der Waals surface area (Å²) in [5.41, 5.74) is 0.580. The molecule has 0 atom stereocenters. The zero-order valence-corrected chi connectivity index (χ0v) is 11.2. The molecule has 3 aromatic rings. The molecule has 1 amide bonds. The van der Waals surface area contributed by atoms with Crippen LogP contribution in [0.3, 0.4) is 0 Å². The first-order valence-electron chi connectivity index (χ1n) is 6.24. The first-order valence-corrected chi connectivity index (χ1v) is 6.24. The smallest absolute Gasteiger partial charge is 0.259 e. The number of fused-ring (bicyclic) bond motifs is 1. The second kappa shape index (κ2) is 5.14. The van der Waals surface area contributed by atoms with Crippen LogP contribution in [0.25, 0.3) is 11.0 Å². The average molecular weight is 306 g/mol. The van der Waals surface area contributed by atoms with E-state index in [2.05, 4.69) is 20.5 Å². The fraction of sp³-hybridized carbons (Fsp3) is 0.0714. The fourth-order valence-corrected chi connectivity index (χ4v) is 1.97. The molecule has 0 saturated carbocycles. The minimum atomic E-state index is -1.70. The molecule has 0 bridgehead atoms. The Balaban J connectivity index is 1.95. The molecule has 0 radical (unpaired) electrons. The van der Waals surface area contributed by atoms with E-state index in [1.807, 2.05) is 0 Å².